The summed E-state index contributed by atoms with van der Waals surface area (Å²) in [6.07, 6.45) is 6.47. The van der Waals surface area contributed by atoms with Crippen LogP contribution in [-0.4, -0.2) is 4.99 Å². The lowest BCUT2D eigenvalue weighted by atomic mass is 9.93. The molecular formula is C9H15NS. The Balaban J connectivity index is 2.40. The van der Waals surface area contributed by atoms with Crippen LogP contribution in [0.2, 0.25) is 0 Å². The number of hydrogen-bond donors (Lipinski definition) is 1. The molecule has 1 unspecified atom stereocenters. The van der Waals surface area contributed by atoms with Gasteiger partial charge in [-0.05, 0) is 24.5 Å². The van der Waals surface area contributed by atoms with Gasteiger partial charge < -0.3 is 5.32 Å². The van der Waals surface area contributed by atoms with E-state index in [0.29, 0.717) is 5.92 Å². The van der Waals surface area contributed by atoms with Crippen molar-refractivity contribution in [2.24, 2.45) is 11.8 Å². The van der Waals surface area contributed by atoms with Gasteiger partial charge in [-0.2, -0.15) is 0 Å². The summed E-state index contributed by atoms with van der Waals surface area (Å²) in [5, 5.41) is 3.04. The third-order valence-corrected chi connectivity index (χ3v) is 2.12. The maximum atomic E-state index is 5.07. The second kappa shape index (κ2) is 3.86. The van der Waals surface area contributed by atoms with Gasteiger partial charge in [-0.15, -0.1) is 0 Å². The minimum absolute atomic E-state index is 0.670. The summed E-state index contributed by atoms with van der Waals surface area (Å²) in [6, 6.07) is 0. The van der Waals surface area contributed by atoms with E-state index in [0.717, 1.165) is 17.3 Å². The number of rotatable bonds is 2. The standard InChI is InChI=1S/C9H15NS/c1-7(2)5-8-3-4-10-9(11)6-8/h3-4,7-8H,5-6H2,1-2H3,(H,10,11). The molecule has 1 aliphatic heterocycles. The van der Waals surface area contributed by atoms with Gasteiger partial charge in [0.15, 0.2) is 0 Å². The van der Waals surface area contributed by atoms with E-state index >= 15 is 0 Å². The van der Waals surface area contributed by atoms with E-state index in [1.165, 1.54) is 6.42 Å². The summed E-state index contributed by atoms with van der Waals surface area (Å²) in [7, 11) is 0. The highest BCUT2D eigenvalue weighted by Gasteiger charge is 2.12. The summed E-state index contributed by atoms with van der Waals surface area (Å²) < 4.78 is 0. The fourth-order valence-corrected chi connectivity index (χ4v) is 1.69. The lowest BCUT2D eigenvalue weighted by Gasteiger charge is -2.19. The van der Waals surface area contributed by atoms with Gasteiger partial charge in [0.25, 0.3) is 0 Å². The summed E-state index contributed by atoms with van der Waals surface area (Å²) in [5.74, 6) is 1.44. The van der Waals surface area contributed by atoms with E-state index in [1.54, 1.807) is 0 Å². The topological polar surface area (TPSA) is 12.0 Å². The highest BCUT2D eigenvalue weighted by molar-refractivity contribution is 7.80. The zero-order valence-electron chi connectivity index (χ0n) is 7.13. The van der Waals surface area contributed by atoms with Gasteiger partial charge in [0, 0.05) is 6.42 Å². The molecule has 1 nitrogen and oxygen atoms in total. The van der Waals surface area contributed by atoms with Crippen LogP contribution in [0, 0.1) is 11.8 Å². The van der Waals surface area contributed by atoms with Gasteiger partial charge in [0.2, 0.25) is 0 Å². The summed E-state index contributed by atoms with van der Waals surface area (Å²) in [5.41, 5.74) is 0. The monoisotopic (exact) mass is 169 g/mol. The van der Waals surface area contributed by atoms with Crippen molar-refractivity contribution in [2.75, 3.05) is 0 Å². The van der Waals surface area contributed by atoms with Gasteiger partial charge in [-0.1, -0.05) is 32.1 Å². The Kier molecular flexibility index (Phi) is 3.06. The van der Waals surface area contributed by atoms with Gasteiger partial charge in [0.05, 0.1) is 4.99 Å². The summed E-state index contributed by atoms with van der Waals surface area (Å²) in [6.45, 7) is 4.50. The minimum Gasteiger partial charge on any atom is -0.357 e. The lowest BCUT2D eigenvalue weighted by Crippen LogP contribution is -2.23. The van der Waals surface area contributed by atoms with Crippen LogP contribution < -0.4 is 5.32 Å². The predicted octanol–water partition coefficient (Wildman–Crippen LogP) is 2.48. The van der Waals surface area contributed by atoms with E-state index in [2.05, 4.69) is 25.2 Å². The molecule has 1 heterocycles. The number of thiocarbonyl (C=S) groups is 1. The van der Waals surface area contributed by atoms with Crippen LogP contribution in [0.1, 0.15) is 26.7 Å². The largest absolute Gasteiger partial charge is 0.357 e. The molecule has 11 heavy (non-hydrogen) atoms. The maximum Gasteiger partial charge on any atom is 0.0798 e. The van der Waals surface area contributed by atoms with Crippen molar-refractivity contribution in [2.45, 2.75) is 26.7 Å². The van der Waals surface area contributed by atoms with Crippen molar-refractivity contribution in [1.82, 2.24) is 5.32 Å². The molecule has 62 valence electrons. The first-order valence-corrected chi connectivity index (χ1v) is 4.55. The van der Waals surface area contributed by atoms with Gasteiger partial charge in [-0.3, -0.25) is 0 Å². The molecule has 0 bridgehead atoms. The molecular weight excluding hydrogens is 154 g/mol. The summed E-state index contributed by atoms with van der Waals surface area (Å²) in [4.78, 5) is 0.984. The van der Waals surface area contributed by atoms with Crippen LogP contribution in [0.25, 0.3) is 0 Å². The van der Waals surface area contributed by atoms with Gasteiger partial charge in [-0.25, -0.2) is 0 Å². The van der Waals surface area contributed by atoms with Crippen LogP contribution in [0.4, 0.5) is 0 Å². The normalized spacial score (nSPS) is 23.9. The molecule has 0 fully saturated rings. The first-order valence-electron chi connectivity index (χ1n) is 4.14. The number of nitrogens with one attached hydrogen (secondary N) is 1. The Morgan fingerprint density at radius 1 is 1.73 bits per heavy atom. The van der Waals surface area contributed by atoms with Crippen molar-refractivity contribution >= 4 is 17.2 Å². The van der Waals surface area contributed by atoms with Crippen molar-refractivity contribution < 1.29 is 0 Å². The molecule has 0 saturated carbocycles. The minimum atomic E-state index is 0.670. The Bertz CT molecular complexity index is 172. The second-order valence-electron chi connectivity index (χ2n) is 3.52. The van der Waals surface area contributed by atoms with Crippen molar-refractivity contribution in [1.29, 1.82) is 0 Å². The van der Waals surface area contributed by atoms with Crippen LogP contribution in [0.3, 0.4) is 0 Å². The molecule has 0 saturated heterocycles. The average Bonchev–Trinajstić information content (AvgIpc) is 1.85. The quantitative estimate of drug-likeness (QED) is 0.637. The van der Waals surface area contributed by atoms with Crippen molar-refractivity contribution in [3.63, 3.8) is 0 Å². The van der Waals surface area contributed by atoms with E-state index in [9.17, 15) is 0 Å². The Morgan fingerprint density at radius 3 is 3.00 bits per heavy atom. The fraction of sp³-hybridized carbons (Fsp3) is 0.667. The fourth-order valence-electron chi connectivity index (χ4n) is 1.41. The summed E-state index contributed by atoms with van der Waals surface area (Å²) >= 11 is 5.07. The molecule has 0 spiro atoms. The molecule has 1 aliphatic rings. The lowest BCUT2D eigenvalue weighted by molar-refractivity contribution is 0.480. The molecule has 1 atom stereocenters. The van der Waals surface area contributed by atoms with E-state index in [1.807, 2.05) is 6.20 Å². The highest BCUT2D eigenvalue weighted by atomic mass is 32.1. The molecule has 0 aromatic heterocycles. The molecule has 1 rings (SSSR count). The first-order chi connectivity index (χ1) is 5.18. The van der Waals surface area contributed by atoms with Crippen LogP contribution in [-0.2, 0) is 0 Å². The highest BCUT2D eigenvalue weighted by Crippen LogP contribution is 2.19. The molecule has 2 heteroatoms. The van der Waals surface area contributed by atoms with Crippen LogP contribution in [0.15, 0.2) is 12.3 Å². The molecule has 0 aromatic rings. The number of hydrogen-bond acceptors (Lipinski definition) is 1. The van der Waals surface area contributed by atoms with E-state index in [4.69, 9.17) is 12.2 Å². The predicted molar refractivity (Wildman–Crippen MR) is 52.4 cm³/mol. The first kappa shape index (κ1) is 8.72. The Morgan fingerprint density at radius 2 is 2.45 bits per heavy atom. The third kappa shape index (κ3) is 3.02. The number of allylic oxidation sites excluding steroid dienone is 1. The maximum absolute atomic E-state index is 5.07. The molecule has 1 N–H and O–H groups in total. The van der Waals surface area contributed by atoms with Gasteiger partial charge >= 0.3 is 0 Å². The smallest absolute Gasteiger partial charge is 0.0798 e. The second-order valence-corrected chi connectivity index (χ2v) is 4.01. The average molecular weight is 169 g/mol. The van der Waals surface area contributed by atoms with Crippen molar-refractivity contribution in [3.05, 3.63) is 12.3 Å². The van der Waals surface area contributed by atoms with Gasteiger partial charge in [0.1, 0.15) is 0 Å². The zero-order chi connectivity index (χ0) is 8.27. The molecule has 0 amide bonds. The SMILES string of the molecule is CC(C)CC1C=CNC(=S)C1. The molecule has 0 aliphatic carbocycles. The zero-order valence-corrected chi connectivity index (χ0v) is 7.95. The van der Waals surface area contributed by atoms with E-state index in [-0.39, 0.29) is 0 Å². The third-order valence-electron chi connectivity index (χ3n) is 1.83. The van der Waals surface area contributed by atoms with E-state index < -0.39 is 0 Å². The van der Waals surface area contributed by atoms with Crippen LogP contribution >= 0.6 is 12.2 Å². The van der Waals surface area contributed by atoms with Crippen LogP contribution in [0.5, 0.6) is 0 Å². The van der Waals surface area contributed by atoms with Crippen molar-refractivity contribution in [3.8, 4) is 0 Å². The molecule has 0 radical (unpaired) electrons. The Hall–Kier alpha value is -0.370. The molecule has 0 aromatic carbocycles. The Labute approximate surface area is 73.9 Å².